The summed E-state index contributed by atoms with van der Waals surface area (Å²) >= 11 is 1.86. The van der Waals surface area contributed by atoms with Crippen molar-refractivity contribution in [2.75, 3.05) is 18.6 Å². The third-order valence-electron chi connectivity index (χ3n) is 1.03. The molecule has 0 unspecified atom stereocenters. The second-order valence-electron chi connectivity index (χ2n) is 2.55. The molecule has 0 aliphatic rings. The molecule has 0 saturated heterocycles. The summed E-state index contributed by atoms with van der Waals surface area (Å²) < 4.78 is 0. The Kier molecular flexibility index (Phi) is 15.6. The summed E-state index contributed by atoms with van der Waals surface area (Å²) in [7, 11) is 0. The molecule has 0 amide bonds. The lowest BCUT2D eigenvalue weighted by Crippen LogP contribution is -2.01. The molecule has 2 heteroatoms. The van der Waals surface area contributed by atoms with Crippen LogP contribution in [0.5, 0.6) is 0 Å². The van der Waals surface area contributed by atoms with E-state index in [0.717, 1.165) is 18.9 Å². The van der Waals surface area contributed by atoms with Gasteiger partial charge in [0.1, 0.15) is 0 Å². The normalized spacial score (nSPS) is 9.00. The Morgan fingerprint density at radius 3 is 1.80 bits per heavy atom. The van der Waals surface area contributed by atoms with Crippen LogP contribution in [0.2, 0.25) is 0 Å². The first kappa shape index (κ1) is 12.9. The van der Waals surface area contributed by atoms with Gasteiger partial charge in [0.15, 0.2) is 0 Å². The first-order chi connectivity index (χ1) is 4.68. The summed E-state index contributed by atoms with van der Waals surface area (Å²) in [4.78, 5) is 0. The number of hydrogen-bond acceptors (Lipinski definition) is 2. The monoisotopic (exact) mass is 163 g/mol. The van der Waals surface area contributed by atoms with E-state index < -0.39 is 0 Å². The molecule has 0 bridgehead atoms. The average molecular weight is 163 g/mol. The zero-order valence-electron chi connectivity index (χ0n) is 7.68. The predicted molar refractivity (Wildman–Crippen MR) is 52.6 cm³/mol. The number of nitrogens with two attached hydrogens (primary N) is 1. The van der Waals surface area contributed by atoms with E-state index in [1.807, 2.05) is 11.8 Å². The maximum atomic E-state index is 5.23. The van der Waals surface area contributed by atoms with Gasteiger partial charge in [-0.1, -0.05) is 20.8 Å². The van der Waals surface area contributed by atoms with Crippen molar-refractivity contribution in [3.63, 3.8) is 0 Å². The van der Waals surface area contributed by atoms with Crippen LogP contribution in [-0.2, 0) is 0 Å². The molecule has 64 valence electrons. The first-order valence-electron chi connectivity index (χ1n) is 3.88. The Morgan fingerprint density at radius 1 is 1.40 bits per heavy atom. The summed E-state index contributed by atoms with van der Waals surface area (Å²) in [5.41, 5.74) is 5.23. The second kappa shape index (κ2) is 12.0. The third-order valence-corrected chi connectivity index (χ3v) is 1.61. The predicted octanol–water partition coefficient (Wildman–Crippen LogP) is 2.36. The zero-order valence-corrected chi connectivity index (χ0v) is 8.50. The molecular formula is C8H21NS. The molecule has 0 saturated carbocycles. The Balaban J connectivity index is 0. The van der Waals surface area contributed by atoms with Crippen LogP contribution in [-0.4, -0.2) is 18.6 Å². The SMILES string of the molecule is CC(C)CCN.CCSC. The fraction of sp³-hybridized carbons (Fsp3) is 1.00. The number of rotatable bonds is 3. The van der Waals surface area contributed by atoms with E-state index in [1.165, 1.54) is 5.75 Å². The van der Waals surface area contributed by atoms with Crippen LogP contribution in [0.1, 0.15) is 27.2 Å². The van der Waals surface area contributed by atoms with Crippen LogP contribution in [0.4, 0.5) is 0 Å². The van der Waals surface area contributed by atoms with Gasteiger partial charge in [-0.2, -0.15) is 11.8 Å². The minimum absolute atomic E-state index is 0.773. The molecule has 0 aromatic heterocycles. The minimum atomic E-state index is 0.773. The lowest BCUT2D eigenvalue weighted by atomic mass is 10.1. The van der Waals surface area contributed by atoms with Gasteiger partial charge in [0.25, 0.3) is 0 Å². The van der Waals surface area contributed by atoms with Gasteiger partial charge < -0.3 is 5.73 Å². The molecule has 0 fully saturated rings. The summed E-state index contributed by atoms with van der Waals surface area (Å²) in [5, 5.41) is 0. The fourth-order valence-electron chi connectivity index (χ4n) is 0.333. The molecule has 0 aromatic carbocycles. The van der Waals surface area contributed by atoms with Gasteiger partial charge in [0.05, 0.1) is 0 Å². The number of thioether (sulfide) groups is 1. The minimum Gasteiger partial charge on any atom is -0.330 e. The van der Waals surface area contributed by atoms with Gasteiger partial charge in [-0.3, -0.25) is 0 Å². The van der Waals surface area contributed by atoms with E-state index in [-0.39, 0.29) is 0 Å². The van der Waals surface area contributed by atoms with Crippen LogP contribution in [0, 0.1) is 5.92 Å². The first-order valence-corrected chi connectivity index (χ1v) is 5.27. The van der Waals surface area contributed by atoms with Gasteiger partial charge in [0.2, 0.25) is 0 Å². The molecule has 10 heavy (non-hydrogen) atoms. The Bertz CT molecular complexity index is 44.5. The summed E-state index contributed by atoms with van der Waals surface area (Å²) in [6.07, 6.45) is 3.25. The van der Waals surface area contributed by atoms with Gasteiger partial charge in [-0.05, 0) is 30.9 Å². The highest BCUT2D eigenvalue weighted by Gasteiger charge is 1.85. The third kappa shape index (κ3) is 23.9. The van der Waals surface area contributed by atoms with E-state index in [1.54, 1.807) is 0 Å². The van der Waals surface area contributed by atoms with Gasteiger partial charge in [-0.15, -0.1) is 0 Å². The quantitative estimate of drug-likeness (QED) is 0.691. The molecule has 2 N–H and O–H groups in total. The van der Waals surface area contributed by atoms with Crippen LogP contribution in [0.25, 0.3) is 0 Å². The highest BCUT2D eigenvalue weighted by atomic mass is 32.2. The molecule has 0 atom stereocenters. The highest BCUT2D eigenvalue weighted by Crippen LogP contribution is 1.93. The highest BCUT2D eigenvalue weighted by molar-refractivity contribution is 7.98. The molecule has 0 aliphatic carbocycles. The molecule has 0 spiro atoms. The van der Waals surface area contributed by atoms with Crippen LogP contribution < -0.4 is 5.73 Å². The van der Waals surface area contributed by atoms with Crippen molar-refractivity contribution in [3.8, 4) is 0 Å². The summed E-state index contributed by atoms with van der Waals surface area (Å²) in [6.45, 7) is 7.32. The lowest BCUT2D eigenvalue weighted by Gasteiger charge is -1.96. The van der Waals surface area contributed by atoms with Crippen LogP contribution >= 0.6 is 11.8 Å². The van der Waals surface area contributed by atoms with E-state index >= 15 is 0 Å². The molecule has 0 aliphatic heterocycles. The summed E-state index contributed by atoms with van der Waals surface area (Å²) in [5.74, 6) is 2.01. The average Bonchev–Trinajstić information content (AvgIpc) is 1.89. The largest absolute Gasteiger partial charge is 0.330 e. The van der Waals surface area contributed by atoms with Crippen LogP contribution in [0.15, 0.2) is 0 Å². The van der Waals surface area contributed by atoms with E-state index in [0.29, 0.717) is 0 Å². The van der Waals surface area contributed by atoms with Crippen molar-refractivity contribution in [2.24, 2.45) is 11.7 Å². The van der Waals surface area contributed by atoms with Crippen LogP contribution in [0.3, 0.4) is 0 Å². The smallest absolute Gasteiger partial charge is 0.00748 e. The summed E-state index contributed by atoms with van der Waals surface area (Å²) in [6, 6.07) is 0. The van der Waals surface area contributed by atoms with Crippen molar-refractivity contribution in [1.29, 1.82) is 0 Å². The molecule has 0 heterocycles. The van der Waals surface area contributed by atoms with Gasteiger partial charge >= 0.3 is 0 Å². The van der Waals surface area contributed by atoms with Crippen molar-refractivity contribution in [3.05, 3.63) is 0 Å². The van der Waals surface area contributed by atoms with Gasteiger partial charge in [0, 0.05) is 0 Å². The molecular weight excluding hydrogens is 142 g/mol. The fourth-order valence-corrected chi connectivity index (χ4v) is 0.333. The lowest BCUT2D eigenvalue weighted by molar-refractivity contribution is 0.596. The van der Waals surface area contributed by atoms with E-state index in [9.17, 15) is 0 Å². The second-order valence-corrected chi connectivity index (χ2v) is 3.70. The van der Waals surface area contributed by atoms with Crippen molar-refractivity contribution in [1.82, 2.24) is 0 Å². The van der Waals surface area contributed by atoms with Crippen molar-refractivity contribution < 1.29 is 0 Å². The maximum Gasteiger partial charge on any atom is -0.00748 e. The standard InChI is InChI=1S/C5H13N.C3H8S/c1-5(2)3-4-6;1-3-4-2/h5H,3-4,6H2,1-2H3;3H2,1-2H3. The molecule has 0 rings (SSSR count). The molecule has 0 radical (unpaired) electrons. The zero-order chi connectivity index (χ0) is 8.41. The molecule has 1 nitrogen and oxygen atoms in total. The number of hydrogen-bond donors (Lipinski definition) is 1. The maximum absolute atomic E-state index is 5.23. The van der Waals surface area contributed by atoms with E-state index in [4.69, 9.17) is 5.73 Å². The van der Waals surface area contributed by atoms with Crippen molar-refractivity contribution in [2.45, 2.75) is 27.2 Å². The van der Waals surface area contributed by atoms with E-state index in [2.05, 4.69) is 27.0 Å². The topological polar surface area (TPSA) is 26.0 Å². The Labute approximate surface area is 69.8 Å². The Hall–Kier alpha value is 0.310. The Morgan fingerprint density at radius 2 is 1.80 bits per heavy atom. The van der Waals surface area contributed by atoms with Crippen molar-refractivity contribution >= 4 is 11.8 Å². The van der Waals surface area contributed by atoms with Gasteiger partial charge in [-0.25, -0.2) is 0 Å². The molecule has 0 aromatic rings.